The zero-order chi connectivity index (χ0) is 15.6. The molecule has 2 N–H and O–H groups in total. The number of benzene rings is 3. The van der Waals surface area contributed by atoms with Crippen molar-refractivity contribution in [2.45, 2.75) is 0 Å². The monoisotopic (exact) mass is 309 g/mol. The molecular weight excluding hydrogens is 295 g/mol. The van der Waals surface area contributed by atoms with Crippen LogP contribution in [0.25, 0.3) is 22.3 Å². The molecule has 0 saturated heterocycles. The SMILES string of the molecule is O=P(O)(O)c1cc[c]c(-c2ccccc2)c1-c1ccccc1. The van der Waals surface area contributed by atoms with Crippen molar-refractivity contribution in [1.29, 1.82) is 0 Å². The Morgan fingerprint density at radius 1 is 0.773 bits per heavy atom. The third kappa shape index (κ3) is 2.88. The fourth-order valence-electron chi connectivity index (χ4n) is 2.46. The van der Waals surface area contributed by atoms with Gasteiger partial charge in [-0.3, -0.25) is 4.57 Å². The van der Waals surface area contributed by atoms with E-state index in [2.05, 4.69) is 6.07 Å². The van der Waals surface area contributed by atoms with Crippen LogP contribution in [0.2, 0.25) is 0 Å². The van der Waals surface area contributed by atoms with Gasteiger partial charge < -0.3 is 9.79 Å². The number of hydrogen-bond acceptors (Lipinski definition) is 1. The van der Waals surface area contributed by atoms with Gasteiger partial charge in [0.15, 0.2) is 0 Å². The lowest BCUT2D eigenvalue weighted by molar-refractivity contribution is 0.387. The lowest BCUT2D eigenvalue weighted by Gasteiger charge is -2.16. The van der Waals surface area contributed by atoms with E-state index in [1.807, 2.05) is 60.7 Å². The highest BCUT2D eigenvalue weighted by Crippen LogP contribution is 2.41. The van der Waals surface area contributed by atoms with Gasteiger partial charge in [0.05, 0.1) is 5.30 Å². The third-order valence-electron chi connectivity index (χ3n) is 3.41. The van der Waals surface area contributed by atoms with Crippen LogP contribution in [0.3, 0.4) is 0 Å². The van der Waals surface area contributed by atoms with Crippen molar-refractivity contribution in [3.05, 3.63) is 78.9 Å². The van der Waals surface area contributed by atoms with E-state index in [1.54, 1.807) is 6.07 Å². The fourth-order valence-corrected chi connectivity index (χ4v) is 3.26. The molecule has 3 nitrogen and oxygen atoms in total. The van der Waals surface area contributed by atoms with Gasteiger partial charge in [0.1, 0.15) is 0 Å². The van der Waals surface area contributed by atoms with Crippen molar-refractivity contribution >= 4 is 12.9 Å². The average molecular weight is 309 g/mol. The van der Waals surface area contributed by atoms with Crippen molar-refractivity contribution in [2.24, 2.45) is 0 Å². The molecule has 1 radical (unpaired) electrons. The summed E-state index contributed by atoms with van der Waals surface area (Å²) >= 11 is 0. The quantitative estimate of drug-likeness (QED) is 0.726. The molecule has 0 amide bonds. The maximum absolute atomic E-state index is 11.9. The second-order valence-electron chi connectivity index (χ2n) is 4.89. The molecule has 0 saturated carbocycles. The van der Waals surface area contributed by atoms with E-state index in [-0.39, 0.29) is 5.30 Å². The molecule has 0 aliphatic carbocycles. The number of rotatable bonds is 3. The highest BCUT2D eigenvalue weighted by molar-refractivity contribution is 7.60. The standard InChI is InChI=1S/C18H14O3P/c19-22(20,21)17-13-7-12-16(14-8-3-1-4-9-14)18(17)15-10-5-2-6-11-15/h1-11,13H,(H2,19,20,21). The Morgan fingerprint density at radius 2 is 1.32 bits per heavy atom. The summed E-state index contributed by atoms with van der Waals surface area (Å²) in [6.07, 6.45) is 0. The van der Waals surface area contributed by atoms with Crippen molar-refractivity contribution in [1.82, 2.24) is 0 Å². The van der Waals surface area contributed by atoms with Crippen molar-refractivity contribution in [3.8, 4) is 22.3 Å². The van der Waals surface area contributed by atoms with E-state index in [0.717, 1.165) is 11.1 Å². The Hall–Kier alpha value is -2.19. The number of hydrogen-bond donors (Lipinski definition) is 2. The van der Waals surface area contributed by atoms with E-state index < -0.39 is 7.60 Å². The first kappa shape index (κ1) is 14.7. The summed E-state index contributed by atoms with van der Waals surface area (Å²) in [7, 11) is -4.39. The van der Waals surface area contributed by atoms with Crippen LogP contribution in [0.15, 0.2) is 72.8 Å². The molecule has 0 aromatic heterocycles. The van der Waals surface area contributed by atoms with Gasteiger partial charge in [0, 0.05) is 5.56 Å². The lowest BCUT2D eigenvalue weighted by Crippen LogP contribution is -2.09. The van der Waals surface area contributed by atoms with Crippen molar-refractivity contribution < 1.29 is 14.4 Å². The molecule has 0 spiro atoms. The second kappa shape index (κ2) is 5.90. The van der Waals surface area contributed by atoms with Crippen molar-refractivity contribution in [3.63, 3.8) is 0 Å². The average Bonchev–Trinajstić information content (AvgIpc) is 2.55. The van der Waals surface area contributed by atoms with E-state index in [1.165, 1.54) is 6.07 Å². The zero-order valence-electron chi connectivity index (χ0n) is 11.7. The van der Waals surface area contributed by atoms with Gasteiger partial charge in [0.25, 0.3) is 0 Å². The predicted octanol–water partition coefficient (Wildman–Crippen LogP) is 3.62. The normalized spacial score (nSPS) is 11.4. The van der Waals surface area contributed by atoms with Gasteiger partial charge in [-0.25, -0.2) is 0 Å². The maximum atomic E-state index is 11.9. The summed E-state index contributed by atoms with van der Waals surface area (Å²) < 4.78 is 11.9. The molecule has 22 heavy (non-hydrogen) atoms. The highest BCUT2D eigenvalue weighted by Gasteiger charge is 2.24. The minimum atomic E-state index is -4.39. The van der Waals surface area contributed by atoms with Crippen molar-refractivity contribution in [2.75, 3.05) is 0 Å². The molecule has 3 aromatic carbocycles. The van der Waals surface area contributed by atoms with Crippen LogP contribution < -0.4 is 5.30 Å². The van der Waals surface area contributed by atoms with Crippen LogP contribution in [0.4, 0.5) is 0 Å². The summed E-state index contributed by atoms with van der Waals surface area (Å²) in [5, 5.41) is 0.0244. The van der Waals surface area contributed by atoms with Crippen LogP contribution in [0.1, 0.15) is 0 Å². The van der Waals surface area contributed by atoms with Crippen LogP contribution in [0, 0.1) is 6.07 Å². The zero-order valence-corrected chi connectivity index (χ0v) is 12.6. The minimum absolute atomic E-state index is 0.0244. The highest BCUT2D eigenvalue weighted by atomic mass is 31.2. The minimum Gasteiger partial charge on any atom is -0.321 e. The Balaban J connectivity index is 2.35. The van der Waals surface area contributed by atoms with Gasteiger partial charge in [-0.05, 0) is 28.8 Å². The van der Waals surface area contributed by atoms with E-state index in [9.17, 15) is 14.4 Å². The van der Waals surface area contributed by atoms with Gasteiger partial charge in [-0.1, -0.05) is 66.7 Å². The van der Waals surface area contributed by atoms with Gasteiger partial charge in [-0.15, -0.1) is 0 Å². The smallest absolute Gasteiger partial charge is 0.321 e. The van der Waals surface area contributed by atoms with E-state index >= 15 is 0 Å². The maximum Gasteiger partial charge on any atom is 0.356 e. The van der Waals surface area contributed by atoms with E-state index in [4.69, 9.17) is 0 Å². The molecule has 0 atom stereocenters. The Labute approximate surface area is 129 Å². The molecule has 0 aliphatic rings. The first-order valence-corrected chi connectivity index (χ1v) is 8.40. The first-order chi connectivity index (χ1) is 10.6. The molecule has 0 fully saturated rings. The summed E-state index contributed by atoms with van der Waals surface area (Å²) in [5.41, 5.74) is 2.85. The Kier molecular flexibility index (Phi) is 3.95. The molecule has 0 aliphatic heterocycles. The van der Waals surface area contributed by atoms with Crippen LogP contribution in [-0.2, 0) is 4.57 Å². The first-order valence-electron chi connectivity index (χ1n) is 6.79. The summed E-state index contributed by atoms with van der Waals surface area (Å²) in [6.45, 7) is 0. The molecular formula is C18H14O3P. The molecule has 0 unspecified atom stereocenters. The molecule has 0 heterocycles. The Bertz CT molecular complexity index is 823. The molecule has 109 valence electrons. The van der Waals surface area contributed by atoms with Gasteiger partial charge in [-0.2, -0.15) is 0 Å². The summed E-state index contributed by atoms with van der Waals surface area (Å²) in [6, 6.07) is 24.9. The van der Waals surface area contributed by atoms with Crippen LogP contribution >= 0.6 is 7.60 Å². The van der Waals surface area contributed by atoms with Gasteiger partial charge in [0.2, 0.25) is 0 Å². The van der Waals surface area contributed by atoms with Crippen LogP contribution in [-0.4, -0.2) is 9.79 Å². The third-order valence-corrected chi connectivity index (χ3v) is 4.41. The molecule has 0 bridgehead atoms. The molecule has 3 rings (SSSR count). The second-order valence-corrected chi connectivity index (χ2v) is 6.46. The molecule has 4 heteroatoms. The predicted molar refractivity (Wildman–Crippen MR) is 87.8 cm³/mol. The molecule has 3 aromatic rings. The summed E-state index contributed by atoms with van der Waals surface area (Å²) in [5.74, 6) is 0. The Morgan fingerprint density at radius 3 is 1.86 bits per heavy atom. The lowest BCUT2D eigenvalue weighted by atomic mass is 9.94. The van der Waals surface area contributed by atoms with E-state index in [0.29, 0.717) is 11.1 Å². The topological polar surface area (TPSA) is 57.5 Å². The summed E-state index contributed by atoms with van der Waals surface area (Å²) in [4.78, 5) is 19.4. The van der Waals surface area contributed by atoms with Gasteiger partial charge >= 0.3 is 7.60 Å². The largest absolute Gasteiger partial charge is 0.356 e. The van der Waals surface area contributed by atoms with Crippen LogP contribution in [0.5, 0.6) is 0 Å². The fraction of sp³-hybridized carbons (Fsp3) is 0.